The van der Waals surface area contributed by atoms with Gasteiger partial charge in [-0.2, -0.15) is 0 Å². The van der Waals surface area contributed by atoms with Crippen LogP contribution in [-0.2, 0) is 17.6 Å². The smallest absolute Gasteiger partial charge is 0.264 e. The van der Waals surface area contributed by atoms with Gasteiger partial charge in [0.1, 0.15) is 0 Å². The maximum Gasteiger partial charge on any atom is 0.264 e. The second-order valence-corrected chi connectivity index (χ2v) is 8.57. The molecule has 26 heavy (non-hydrogen) atoms. The van der Waals surface area contributed by atoms with E-state index in [1.165, 1.54) is 21.6 Å². The van der Waals surface area contributed by atoms with Crippen molar-refractivity contribution in [1.82, 2.24) is 9.80 Å². The molecule has 0 bridgehead atoms. The van der Waals surface area contributed by atoms with Crippen molar-refractivity contribution < 1.29 is 9.59 Å². The van der Waals surface area contributed by atoms with Crippen molar-refractivity contribution in [3.05, 3.63) is 46.3 Å². The third kappa shape index (κ3) is 2.75. The summed E-state index contributed by atoms with van der Waals surface area (Å²) in [4.78, 5) is 31.1. The Bertz CT molecular complexity index is 876. The van der Waals surface area contributed by atoms with E-state index in [1.54, 1.807) is 11.3 Å². The molecular weight excluding hydrogens is 344 g/mol. The van der Waals surface area contributed by atoms with Gasteiger partial charge in [-0.1, -0.05) is 24.3 Å². The molecule has 0 N–H and O–H groups in total. The Kier molecular flexibility index (Phi) is 3.85. The molecule has 2 aliphatic carbocycles. The van der Waals surface area contributed by atoms with Gasteiger partial charge in [0, 0.05) is 37.0 Å². The first-order valence-electron chi connectivity index (χ1n) is 9.50. The Morgan fingerprint density at radius 3 is 2.38 bits per heavy atom. The fraction of sp³-hybridized carbons (Fsp3) is 0.429. The van der Waals surface area contributed by atoms with Gasteiger partial charge < -0.3 is 9.80 Å². The molecule has 134 valence electrons. The Morgan fingerprint density at radius 2 is 1.62 bits per heavy atom. The monoisotopic (exact) mass is 366 g/mol. The molecule has 0 unspecified atom stereocenters. The van der Waals surface area contributed by atoms with Gasteiger partial charge in [0.25, 0.3) is 5.91 Å². The second-order valence-electron chi connectivity index (χ2n) is 7.51. The third-order valence-electron chi connectivity index (χ3n) is 5.75. The molecule has 1 aromatic carbocycles. The lowest BCUT2D eigenvalue weighted by Gasteiger charge is -2.34. The zero-order valence-electron chi connectivity index (χ0n) is 14.7. The van der Waals surface area contributed by atoms with Crippen LogP contribution >= 0.6 is 11.3 Å². The molecule has 3 aliphatic rings. The fourth-order valence-electron chi connectivity index (χ4n) is 4.05. The van der Waals surface area contributed by atoms with E-state index >= 15 is 0 Å². The number of thiophene rings is 1. The van der Waals surface area contributed by atoms with Gasteiger partial charge in [-0.25, -0.2) is 0 Å². The standard InChI is InChI=1S/C21H22N2O2S/c24-20(15-6-7-15)22-9-11-23(12-10-22)21(25)18-13-16-8-5-14-3-1-2-4-17(14)19(16)26-18/h1-4,13,15H,5-12H2. The summed E-state index contributed by atoms with van der Waals surface area (Å²) < 4.78 is 0. The maximum absolute atomic E-state index is 13.0. The van der Waals surface area contributed by atoms with E-state index in [9.17, 15) is 9.59 Å². The van der Waals surface area contributed by atoms with Gasteiger partial charge in [0.15, 0.2) is 0 Å². The molecule has 2 fully saturated rings. The summed E-state index contributed by atoms with van der Waals surface area (Å²) in [6, 6.07) is 10.6. The van der Waals surface area contributed by atoms with Crippen LogP contribution in [-0.4, -0.2) is 47.8 Å². The minimum Gasteiger partial charge on any atom is -0.339 e. The van der Waals surface area contributed by atoms with Crippen molar-refractivity contribution >= 4 is 23.2 Å². The van der Waals surface area contributed by atoms with Crippen molar-refractivity contribution in [2.45, 2.75) is 25.7 Å². The summed E-state index contributed by atoms with van der Waals surface area (Å²) in [5.74, 6) is 0.682. The maximum atomic E-state index is 13.0. The molecule has 0 atom stereocenters. The number of aryl methyl sites for hydroxylation is 2. The summed E-state index contributed by atoms with van der Waals surface area (Å²) in [5.41, 5.74) is 3.98. The van der Waals surface area contributed by atoms with Crippen LogP contribution in [0.2, 0.25) is 0 Å². The molecule has 5 heteroatoms. The molecule has 0 spiro atoms. The van der Waals surface area contributed by atoms with Gasteiger partial charge in [0.2, 0.25) is 5.91 Å². The lowest BCUT2D eigenvalue weighted by molar-refractivity contribution is -0.134. The van der Waals surface area contributed by atoms with E-state index < -0.39 is 0 Å². The van der Waals surface area contributed by atoms with Crippen molar-refractivity contribution in [3.8, 4) is 10.4 Å². The minimum atomic E-state index is 0.125. The SMILES string of the molecule is O=C(c1cc2c(s1)-c1ccccc1CC2)N1CCN(C(=O)C2CC2)CC1. The summed E-state index contributed by atoms with van der Waals surface area (Å²) in [5, 5.41) is 0. The number of carbonyl (C=O) groups is 2. The van der Waals surface area contributed by atoms with Gasteiger partial charge in [-0.05, 0) is 48.4 Å². The average Bonchev–Trinajstić information content (AvgIpc) is 3.45. The van der Waals surface area contributed by atoms with E-state index in [0.29, 0.717) is 32.1 Å². The molecule has 1 saturated heterocycles. The van der Waals surface area contributed by atoms with Crippen LogP contribution in [0.1, 0.15) is 33.6 Å². The number of nitrogens with zero attached hydrogens (tertiary/aromatic N) is 2. The molecule has 1 saturated carbocycles. The zero-order valence-corrected chi connectivity index (χ0v) is 15.6. The molecule has 1 aliphatic heterocycles. The van der Waals surface area contributed by atoms with Crippen LogP contribution in [0.3, 0.4) is 0 Å². The van der Waals surface area contributed by atoms with Crippen LogP contribution < -0.4 is 0 Å². The van der Waals surface area contributed by atoms with Crippen LogP contribution in [0.15, 0.2) is 30.3 Å². The number of fused-ring (bicyclic) bond motifs is 3. The molecule has 2 amide bonds. The second kappa shape index (κ2) is 6.23. The minimum absolute atomic E-state index is 0.125. The molecule has 0 radical (unpaired) electrons. The quantitative estimate of drug-likeness (QED) is 0.819. The number of rotatable bonds is 2. The number of carbonyl (C=O) groups excluding carboxylic acids is 2. The van der Waals surface area contributed by atoms with Crippen LogP contribution in [0.5, 0.6) is 0 Å². The summed E-state index contributed by atoms with van der Waals surface area (Å²) in [6.45, 7) is 2.65. The van der Waals surface area contributed by atoms with E-state index in [-0.39, 0.29) is 11.8 Å². The Morgan fingerprint density at radius 1 is 0.923 bits per heavy atom. The van der Waals surface area contributed by atoms with Crippen LogP contribution in [0, 0.1) is 5.92 Å². The topological polar surface area (TPSA) is 40.6 Å². The highest BCUT2D eigenvalue weighted by molar-refractivity contribution is 7.17. The van der Waals surface area contributed by atoms with E-state index in [0.717, 1.165) is 30.6 Å². The summed E-state index contributed by atoms with van der Waals surface area (Å²) in [6.07, 6.45) is 4.15. The first kappa shape index (κ1) is 16.1. The van der Waals surface area contributed by atoms with Gasteiger partial charge in [-0.15, -0.1) is 11.3 Å². The van der Waals surface area contributed by atoms with Gasteiger partial charge in [0.05, 0.1) is 4.88 Å². The van der Waals surface area contributed by atoms with Crippen molar-refractivity contribution in [2.24, 2.45) is 5.92 Å². The number of hydrogen-bond acceptors (Lipinski definition) is 3. The van der Waals surface area contributed by atoms with E-state index in [1.807, 2.05) is 9.80 Å². The first-order valence-corrected chi connectivity index (χ1v) is 10.3. The molecule has 4 nitrogen and oxygen atoms in total. The first-order chi connectivity index (χ1) is 12.7. The van der Waals surface area contributed by atoms with E-state index in [2.05, 4.69) is 30.3 Å². The van der Waals surface area contributed by atoms with Gasteiger partial charge >= 0.3 is 0 Å². The predicted octanol–water partition coefficient (Wildman–Crippen LogP) is 3.21. The van der Waals surface area contributed by atoms with Crippen molar-refractivity contribution in [2.75, 3.05) is 26.2 Å². The highest BCUT2D eigenvalue weighted by atomic mass is 32.1. The Labute approximate surface area is 157 Å². The van der Waals surface area contributed by atoms with Crippen LogP contribution in [0.25, 0.3) is 10.4 Å². The summed E-state index contributed by atoms with van der Waals surface area (Å²) >= 11 is 1.63. The molecular formula is C21H22N2O2S. The average molecular weight is 366 g/mol. The largest absolute Gasteiger partial charge is 0.339 e. The number of hydrogen-bond donors (Lipinski definition) is 0. The Balaban J connectivity index is 1.32. The normalized spacial score (nSPS) is 19.1. The number of benzene rings is 1. The molecule has 2 aromatic rings. The zero-order chi connectivity index (χ0) is 17.7. The fourth-order valence-corrected chi connectivity index (χ4v) is 5.29. The predicted molar refractivity (Wildman–Crippen MR) is 102 cm³/mol. The third-order valence-corrected chi connectivity index (χ3v) is 6.95. The lowest BCUT2D eigenvalue weighted by atomic mass is 9.91. The highest BCUT2D eigenvalue weighted by Crippen LogP contribution is 2.40. The van der Waals surface area contributed by atoms with E-state index in [4.69, 9.17) is 0 Å². The van der Waals surface area contributed by atoms with Crippen molar-refractivity contribution in [1.29, 1.82) is 0 Å². The van der Waals surface area contributed by atoms with Gasteiger partial charge in [-0.3, -0.25) is 9.59 Å². The summed E-state index contributed by atoms with van der Waals surface area (Å²) in [7, 11) is 0. The molecule has 1 aromatic heterocycles. The van der Waals surface area contributed by atoms with Crippen molar-refractivity contribution in [3.63, 3.8) is 0 Å². The number of piperazine rings is 1. The van der Waals surface area contributed by atoms with Crippen LogP contribution in [0.4, 0.5) is 0 Å². The Hall–Kier alpha value is -2.14. The molecule has 2 heterocycles. The lowest BCUT2D eigenvalue weighted by Crippen LogP contribution is -2.50. The highest BCUT2D eigenvalue weighted by Gasteiger charge is 2.35. The number of amides is 2. The molecule has 5 rings (SSSR count).